The average molecular weight is 379 g/mol. The smallest absolute Gasteiger partial charge is 0.110 e. The highest BCUT2D eigenvalue weighted by molar-refractivity contribution is 5.14. The minimum absolute atomic E-state index is 0.322. The predicted octanol–water partition coefficient (Wildman–Crippen LogP) is 1.15. The van der Waals surface area contributed by atoms with Crippen LogP contribution in [0.4, 0.5) is 0 Å². The van der Waals surface area contributed by atoms with Crippen molar-refractivity contribution in [2.75, 3.05) is 26.3 Å². The average Bonchev–Trinajstić information content (AvgIpc) is 2.73. The van der Waals surface area contributed by atoms with Crippen LogP contribution in [0.1, 0.15) is 32.3 Å². The van der Waals surface area contributed by atoms with Crippen LogP contribution in [0.25, 0.3) is 0 Å². The van der Waals surface area contributed by atoms with E-state index in [9.17, 15) is 10.2 Å². The number of nitrogens with one attached hydrogen (secondary N) is 1. The fourth-order valence-corrected chi connectivity index (χ4v) is 3.93. The van der Waals surface area contributed by atoms with E-state index in [0.717, 1.165) is 19.4 Å². The van der Waals surface area contributed by atoms with Crippen molar-refractivity contribution in [1.82, 2.24) is 10.2 Å². The van der Waals surface area contributed by atoms with E-state index in [1.807, 2.05) is 18.2 Å². The summed E-state index contributed by atoms with van der Waals surface area (Å²) in [5.74, 6) is 0. The molecule has 0 amide bonds. The van der Waals surface area contributed by atoms with Crippen molar-refractivity contribution in [2.45, 2.75) is 69.7 Å². The molecule has 6 heteroatoms. The van der Waals surface area contributed by atoms with Gasteiger partial charge < -0.3 is 25.0 Å². The maximum absolute atomic E-state index is 10.8. The van der Waals surface area contributed by atoms with Crippen LogP contribution in [0, 0.1) is 0 Å². The van der Waals surface area contributed by atoms with Gasteiger partial charge in [-0.1, -0.05) is 44.2 Å². The lowest BCUT2D eigenvalue weighted by Gasteiger charge is -2.43. The highest BCUT2D eigenvalue weighted by atomic mass is 16.5. The van der Waals surface area contributed by atoms with E-state index in [-0.39, 0.29) is 0 Å². The van der Waals surface area contributed by atoms with Gasteiger partial charge in [-0.05, 0) is 18.4 Å². The van der Waals surface area contributed by atoms with Gasteiger partial charge in [-0.25, -0.2) is 0 Å². The summed E-state index contributed by atoms with van der Waals surface area (Å²) in [6.07, 6.45) is -0.768. The second-order valence-corrected chi connectivity index (χ2v) is 7.72. The molecule has 6 nitrogen and oxygen atoms in total. The molecule has 0 radical (unpaired) electrons. The first kappa shape index (κ1) is 20.7. The molecular formula is C21H34N2O4. The molecule has 3 N–H and O–H groups in total. The molecule has 1 aromatic carbocycles. The van der Waals surface area contributed by atoms with Gasteiger partial charge in [0.25, 0.3) is 0 Å². The monoisotopic (exact) mass is 378 g/mol. The SMILES string of the molecule is CC[C@@H]1CO[C@H](C(O)C(O)[C@@H]2CN(Cc3ccccc3)[C@H](CC)CO2)CN1. The minimum Gasteiger partial charge on any atom is -0.388 e. The number of ether oxygens (including phenoxy) is 2. The lowest BCUT2D eigenvalue weighted by atomic mass is 9.98. The molecular weight excluding hydrogens is 344 g/mol. The molecule has 2 aliphatic rings. The van der Waals surface area contributed by atoms with Crippen LogP contribution >= 0.6 is 0 Å². The summed E-state index contributed by atoms with van der Waals surface area (Å²) in [6, 6.07) is 11.0. The molecule has 27 heavy (non-hydrogen) atoms. The van der Waals surface area contributed by atoms with E-state index in [2.05, 4.69) is 36.2 Å². The fraction of sp³-hybridized carbons (Fsp3) is 0.714. The van der Waals surface area contributed by atoms with Crippen LogP contribution in [-0.4, -0.2) is 77.9 Å². The number of aliphatic hydroxyl groups is 2. The molecule has 2 aliphatic heterocycles. The topological polar surface area (TPSA) is 74.2 Å². The molecule has 3 rings (SSSR count). The Bertz CT molecular complexity index is 550. The maximum Gasteiger partial charge on any atom is 0.110 e. The van der Waals surface area contributed by atoms with E-state index < -0.39 is 24.4 Å². The summed E-state index contributed by atoms with van der Waals surface area (Å²) in [6.45, 7) is 7.37. The molecule has 1 aromatic rings. The molecule has 2 unspecified atom stereocenters. The van der Waals surface area contributed by atoms with Gasteiger partial charge in [-0.3, -0.25) is 4.90 Å². The molecule has 0 bridgehead atoms. The number of hydrogen-bond donors (Lipinski definition) is 3. The number of aliphatic hydroxyl groups excluding tert-OH is 2. The van der Waals surface area contributed by atoms with E-state index in [4.69, 9.17) is 9.47 Å². The lowest BCUT2D eigenvalue weighted by Crippen LogP contribution is -2.59. The number of nitrogens with zero attached hydrogens (tertiary/aromatic N) is 1. The highest BCUT2D eigenvalue weighted by Crippen LogP contribution is 2.22. The van der Waals surface area contributed by atoms with Crippen molar-refractivity contribution in [3.05, 3.63) is 35.9 Å². The van der Waals surface area contributed by atoms with Crippen molar-refractivity contribution in [3.8, 4) is 0 Å². The molecule has 0 aromatic heterocycles. The second-order valence-electron chi connectivity index (χ2n) is 7.72. The third kappa shape index (κ3) is 5.28. The maximum atomic E-state index is 10.8. The Balaban J connectivity index is 1.58. The first-order valence-corrected chi connectivity index (χ1v) is 10.2. The van der Waals surface area contributed by atoms with Crippen LogP contribution < -0.4 is 5.32 Å². The zero-order valence-electron chi connectivity index (χ0n) is 16.5. The Morgan fingerprint density at radius 1 is 1.04 bits per heavy atom. The molecule has 2 fully saturated rings. The van der Waals surface area contributed by atoms with Crippen molar-refractivity contribution in [2.24, 2.45) is 0 Å². The Morgan fingerprint density at radius 2 is 1.74 bits per heavy atom. The molecule has 6 atom stereocenters. The van der Waals surface area contributed by atoms with Gasteiger partial charge in [0.05, 0.1) is 25.4 Å². The lowest BCUT2D eigenvalue weighted by molar-refractivity contribution is -0.172. The Labute approximate surface area is 162 Å². The van der Waals surface area contributed by atoms with Crippen molar-refractivity contribution in [1.29, 1.82) is 0 Å². The van der Waals surface area contributed by atoms with Crippen LogP contribution in [0.3, 0.4) is 0 Å². The van der Waals surface area contributed by atoms with Gasteiger partial charge in [-0.15, -0.1) is 0 Å². The Morgan fingerprint density at radius 3 is 2.37 bits per heavy atom. The van der Waals surface area contributed by atoms with Gasteiger partial charge in [0, 0.05) is 31.7 Å². The molecule has 0 aliphatic carbocycles. The van der Waals surface area contributed by atoms with Crippen LogP contribution in [0.15, 0.2) is 30.3 Å². The van der Waals surface area contributed by atoms with Crippen LogP contribution in [0.5, 0.6) is 0 Å². The molecule has 2 heterocycles. The third-order valence-electron chi connectivity index (χ3n) is 5.86. The molecule has 0 spiro atoms. The molecule has 0 saturated carbocycles. The predicted molar refractivity (Wildman–Crippen MR) is 105 cm³/mol. The van der Waals surface area contributed by atoms with Gasteiger partial charge in [0.15, 0.2) is 0 Å². The first-order chi connectivity index (χ1) is 13.1. The summed E-state index contributed by atoms with van der Waals surface area (Å²) >= 11 is 0. The van der Waals surface area contributed by atoms with Gasteiger partial charge >= 0.3 is 0 Å². The summed E-state index contributed by atoms with van der Waals surface area (Å²) in [5.41, 5.74) is 1.25. The van der Waals surface area contributed by atoms with E-state index >= 15 is 0 Å². The van der Waals surface area contributed by atoms with Gasteiger partial charge in [0.1, 0.15) is 12.2 Å². The van der Waals surface area contributed by atoms with Crippen LogP contribution in [0.2, 0.25) is 0 Å². The van der Waals surface area contributed by atoms with E-state index in [1.54, 1.807) is 0 Å². The zero-order valence-corrected chi connectivity index (χ0v) is 16.5. The summed E-state index contributed by atoms with van der Waals surface area (Å²) in [4.78, 5) is 2.35. The van der Waals surface area contributed by atoms with Gasteiger partial charge in [0.2, 0.25) is 0 Å². The number of rotatable bonds is 7. The van der Waals surface area contributed by atoms with Crippen LogP contribution in [-0.2, 0) is 16.0 Å². The largest absolute Gasteiger partial charge is 0.388 e. The quantitative estimate of drug-likeness (QED) is 0.661. The van der Waals surface area contributed by atoms with E-state index in [1.165, 1.54) is 5.56 Å². The minimum atomic E-state index is -0.967. The third-order valence-corrected chi connectivity index (χ3v) is 5.86. The summed E-state index contributed by atoms with van der Waals surface area (Å²) in [5, 5.41) is 24.8. The normalized spacial score (nSPS) is 32.1. The van der Waals surface area contributed by atoms with Gasteiger partial charge in [-0.2, -0.15) is 0 Å². The van der Waals surface area contributed by atoms with Crippen molar-refractivity contribution >= 4 is 0 Å². The number of hydrogen-bond acceptors (Lipinski definition) is 6. The molecule has 2 saturated heterocycles. The molecule has 152 valence electrons. The Hall–Kier alpha value is -1.02. The van der Waals surface area contributed by atoms with Crippen molar-refractivity contribution < 1.29 is 19.7 Å². The summed E-state index contributed by atoms with van der Waals surface area (Å²) < 4.78 is 11.7. The zero-order chi connectivity index (χ0) is 19.2. The Kier molecular flexibility index (Phi) is 7.64. The van der Waals surface area contributed by atoms with E-state index in [0.29, 0.717) is 38.4 Å². The summed E-state index contributed by atoms with van der Waals surface area (Å²) in [7, 11) is 0. The number of morpholine rings is 2. The second kappa shape index (κ2) is 9.96. The standard InChI is InChI=1S/C21H34N2O4/c1-3-16-13-26-18(10-22-16)20(24)21(25)19-12-23(17(4-2)14-27-19)11-15-8-6-5-7-9-15/h5-9,16-22,24-25H,3-4,10-14H2,1-2H3/t16-,17-,18+,19+,20?,21?/m1/s1. The first-order valence-electron chi connectivity index (χ1n) is 10.2. The highest BCUT2D eigenvalue weighted by Gasteiger charge is 2.39. The van der Waals surface area contributed by atoms with Crippen molar-refractivity contribution in [3.63, 3.8) is 0 Å². The number of benzene rings is 1. The fourth-order valence-electron chi connectivity index (χ4n) is 3.93.